The van der Waals surface area contributed by atoms with Crippen molar-refractivity contribution >= 4 is 5.91 Å². The smallest absolute Gasteiger partial charge is 0.255 e. The van der Waals surface area contributed by atoms with Gasteiger partial charge in [0.25, 0.3) is 5.91 Å². The fourth-order valence-electron chi connectivity index (χ4n) is 3.60. The van der Waals surface area contributed by atoms with Gasteiger partial charge in [0, 0.05) is 38.0 Å². The van der Waals surface area contributed by atoms with Gasteiger partial charge in [-0.25, -0.2) is 0 Å². The molecule has 1 aromatic heterocycles. The summed E-state index contributed by atoms with van der Waals surface area (Å²) in [5.74, 6) is 0.233. The first-order chi connectivity index (χ1) is 9.75. The van der Waals surface area contributed by atoms with Crippen molar-refractivity contribution in [1.82, 2.24) is 15.2 Å². The number of nitrogens with zero attached hydrogens (tertiary/aromatic N) is 2. The molecule has 0 aromatic carbocycles. The number of rotatable bonds is 2. The van der Waals surface area contributed by atoms with Gasteiger partial charge in [-0.1, -0.05) is 0 Å². The van der Waals surface area contributed by atoms with E-state index in [0.29, 0.717) is 12.1 Å². The molecule has 0 saturated carbocycles. The van der Waals surface area contributed by atoms with Crippen LogP contribution in [-0.2, 0) is 0 Å². The molecule has 2 fully saturated rings. The minimum atomic E-state index is 0.0342. The lowest BCUT2D eigenvalue weighted by Crippen LogP contribution is -2.43. The van der Waals surface area contributed by atoms with Gasteiger partial charge in [-0.15, -0.1) is 0 Å². The van der Waals surface area contributed by atoms with E-state index >= 15 is 0 Å². The van der Waals surface area contributed by atoms with Gasteiger partial charge >= 0.3 is 0 Å². The average Bonchev–Trinajstić information content (AvgIpc) is 2.86. The zero-order chi connectivity index (χ0) is 14.0. The molecule has 2 N–H and O–H groups in total. The molecule has 5 heteroatoms. The van der Waals surface area contributed by atoms with E-state index in [1.54, 1.807) is 24.5 Å². The molecule has 2 aliphatic heterocycles. The lowest BCUT2D eigenvalue weighted by Gasteiger charge is -2.37. The second-order valence-corrected chi connectivity index (χ2v) is 5.92. The molecule has 0 radical (unpaired) electrons. The van der Waals surface area contributed by atoms with Crippen LogP contribution in [0.25, 0.3) is 0 Å². The fraction of sp³-hybridized carbons (Fsp3) is 0.600. The zero-order valence-electron chi connectivity index (χ0n) is 11.6. The summed E-state index contributed by atoms with van der Waals surface area (Å²) in [4.78, 5) is 18.4. The largest absolute Gasteiger partial charge is 0.396 e. The monoisotopic (exact) mass is 275 g/mol. The number of carbonyl (C=O) groups excluding carboxylic acids is 1. The van der Waals surface area contributed by atoms with E-state index in [9.17, 15) is 9.90 Å². The van der Waals surface area contributed by atoms with E-state index in [1.807, 2.05) is 4.90 Å². The molecule has 108 valence electrons. The van der Waals surface area contributed by atoms with Crippen LogP contribution in [0.15, 0.2) is 24.5 Å². The Bertz CT molecular complexity index is 471. The van der Waals surface area contributed by atoms with E-state index < -0.39 is 0 Å². The summed E-state index contributed by atoms with van der Waals surface area (Å²) >= 11 is 0. The van der Waals surface area contributed by atoms with Crippen LogP contribution < -0.4 is 5.32 Å². The number of nitrogens with one attached hydrogen (secondary N) is 1. The van der Waals surface area contributed by atoms with Crippen molar-refractivity contribution in [2.45, 2.75) is 12.8 Å². The highest BCUT2D eigenvalue weighted by Gasteiger charge is 2.47. The molecule has 1 unspecified atom stereocenters. The van der Waals surface area contributed by atoms with Crippen molar-refractivity contribution in [2.75, 3.05) is 32.8 Å². The highest BCUT2D eigenvalue weighted by Crippen LogP contribution is 2.43. The predicted molar refractivity (Wildman–Crippen MR) is 75.3 cm³/mol. The van der Waals surface area contributed by atoms with Crippen molar-refractivity contribution in [1.29, 1.82) is 0 Å². The molecule has 0 bridgehead atoms. The third-order valence-corrected chi connectivity index (χ3v) is 4.83. The Balaban J connectivity index is 1.78. The standard InChI is InChI=1S/C15H21N3O2/c19-10-13-9-18(11-15(13)3-6-16-7-4-15)14(20)12-2-1-5-17-8-12/h1-2,5,8,13,16,19H,3-4,6-7,9-11H2. The summed E-state index contributed by atoms with van der Waals surface area (Å²) in [6.07, 6.45) is 5.36. The molecule has 1 spiro atoms. The van der Waals surface area contributed by atoms with Crippen molar-refractivity contribution < 1.29 is 9.90 Å². The summed E-state index contributed by atoms with van der Waals surface area (Å²) in [7, 11) is 0. The van der Waals surface area contributed by atoms with Gasteiger partial charge in [0.15, 0.2) is 0 Å². The summed E-state index contributed by atoms with van der Waals surface area (Å²) in [5, 5.41) is 13.0. The van der Waals surface area contributed by atoms with Crippen LogP contribution in [0.5, 0.6) is 0 Å². The maximum absolute atomic E-state index is 12.5. The van der Waals surface area contributed by atoms with E-state index in [-0.39, 0.29) is 23.8 Å². The summed E-state index contributed by atoms with van der Waals surface area (Å²) in [5.41, 5.74) is 0.730. The van der Waals surface area contributed by atoms with Gasteiger partial charge in [0.2, 0.25) is 0 Å². The molecule has 1 amide bonds. The normalized spacial score (nSPS) is 25.1. The highest BCUT2D eigenvalue weighted by atomic mass is 16.3. The Morgan fingerprint density at radius 3 is 2.95 bits per heavy atom. The number of amides is 1. The molecule has 20 heavy (non-hydrogen) atoms. The first kappa shape index (κ1) is 13.5. The van der Waals surface area contributed by atoms with Crippen LogP contribution in [0.1, 0.15) is 23.2 Å². The van der Waals surface area contributed by atoms with Crippen LogP contribution in [0.2, 0.25) is 0 Å². The third-order valence-electron chi connectivity index (χ3n) is 4.83. The molecule has 0 aliphatic carbocycles. The number of aliphatic hydroxyl groups excluding tert-OH is 1. The van der Waals surface area contributed by atoms with E-state index in [4.69, 9.17) is 0 Å². The zero-order valence-corrected chi connectivity index (χ0v) is 11.6. The number of carbonyl (C=O) groups is 1. The number of aromatic nitrogens is 1. The summed E-state index contributed by atoms with van der Waals surface area (Å²) in [6.45, 7) is 3.53. The molecule has 2 aliphatic rings. The molecular weight excluding hydrogens is 254 g/mol. The lowest BCUT2D eigenvalue weighted by molar-refractivity contribution is 0.0755. The van der Waals surface area contributed by atoms with Gasteiger partial charge in [-0.2, -0.15) is 0 Å². The van der Waals surface area contributed by atoms with Crippen LogP contribution in [0, 0.1) is 11.3 Å². The minimum Gasteiger partial charge on any atom is -0.396 e. The number of hydrogen-bond donors (Lipinski definition) is 2. The van der Waals surface area contributed by atoms with Crippen molar-refractivity contribution in [3.05, 3.63) is 30.1 Å². The minimum absolute atomic E-state index is 0.0342. The molecule has 3 rings (SSSR count). The van der Waals surface area contributed by atoms with E-state index in [2.05, 4.69) is 10.3 Å². The second kappa shape index (κ2) is 5.50. The Morgan fingerprint density at radius 2 is 2.30 bits per heavy atom. The number of piperidine rings is 1. The SMILES string of the molecule is O=C(c1cccnc1)N1CC(CO)C2(CCNCC2)C1. The first-order valence-electron chi connectivity index (χ1n) is 7.26. The second-order valence-electron chi connectivity index (χ2n) is 5.92. The van der Waals surface area contributed by atoms with Gasteiger partial charge in [0.05, 0.1) is 5.56 Å². The Hall–Kier alpha value is -1.46. The Labute approximate surface area is 119 Å². The van der Waals surface area contributed by atoms with Crippen molar-refractivity contribution in [3.8, 4) is 0 Å². The summed E-state index contributed by atoms with van der Waals surface area (Å²) in [6, 6.07) is 3.59. The van der Waals surface area contributed by atoms with Crippen molar-refractivity contribution in [3.63, 3.8) is 0 Å². The van der Waals surface area contributed by atoms with E-state index in [0.717, 1.165) is 32.5 Å². The molecule has 1 atom stereocenters. The number of pyridine rings is 1. The Morgan fingerprint density at radius 1 is 1.50 bits per heavy atom. The molecular formula is C15H21N3O2. The molecule has 3 heterocycles. The number of aliphatic hydroxyl groups is 1. The van der Waals surface area contributed by atoms with Crippen LogP contribution in [0.3, 0.4) is 0 Å². The maximum atomic E-state index is 12.5. The maximum Gasteiger partial charge on any atom is 0.255 e. The fourth-order valence-corrected chi connectivity index (χ4v) is 3.60. The predicted octanol–water partition coefficient (Wildman–Crippen LogP) is 0.516. The van der Waals surface area contributed by atoms with Crippen LogP contribution in [-0.4, -0.2) is 53.7 Å². The average molecular weight is 275 g/mol. The van der Waals surface area contributed by atoms with Gasteiger partial charge in [-0.05, 0) is 43.5 Å². The number of likely N-dealkylation sites (tertiary alicyclic amines) is 1. The molecule has 5 nitrogen and oxygen atoms in total. The quantitative estimate of drug-likeness (QED) is 0.825. The molecule has 2 saturated heterocycles. The van der Waals surface area contributed by atoms with Crippen LogP contribution in [0.4, 0.5) is 0 Å². The van der Waals surface area contributed by atoms with Gasteiger partial charge < -0.3 is 15.3 Å². The van der Waals surface area contributed by atoms with Gasteiger partial charge in [-0.3, -0.25) is 9.78 Å². The van der Waals surface area contributed by atoms with Crippen molar-refractivity contribution in [2.24, 2.45) is 11.3 Å². The summed E-state index contributed by atoms with van der Waals surface area (Å²) < 4.78 is 0. The highest BCUT2D eigenvalue weighted by molar-refractivity contribution is 5.94. The first-order valence-corrected chi connectivity index (χ1v) is 7.26. The third kappa shape index (κ3) is 2.31. The number of hydrogen-bond acceptors (Lipinski definition) is 4. The van der Waals surface area contributed by atoms with Gasteiger partial charge in [0.1, 0.15) is 0 Å². The van der Waals surface area contributed by atoms with E-state index in [1.165, 1.54) is 0 Å². The molecule has 1 aromatic rings. The van der Waals surface area contributed by atoms with Crippen LogP contribution >= 0.6 is 0 Å². The lowest BCUT2D eigenvalue weighted by atomic mass is 9.71. The topological polar surface area (TPSA) is 65.5 Å². The Kier molecular flexibility index (Phi) is 3.72.